The molecule has 9 heteroatoms. The van der Waals surface area contributed by atoms with Gasteiger partial charge in [0.25, 0.3) is 11.6 Å². The normalized spacial score (nSPS) is 10.7. The molecule has 0 aliphatic rings. The third-order valence-corrected chi connectivity index (χ3v) is 5.49. The van der Waals surface area contributed by atoms with E-state index in [-0.39, 0.29) is 12.3 Å². The summed E-state index contributed by atoms with van der Waals surface area (Å²) in [6.45, 7) is 0.590. The van der Waals surface area contributed by atoms with Gasteiger partial charge in [-0.2, -0.15) is 5.10 Å². The molecule has 0 unspecified atom stereocenters. The molecule has 0 atom stereocenters. The Bertz CT molecular complexity index is 1420. The minimum Gasteiger partial charge on any atom is -0.493 e. The second kappa shape index (κ2) is 12.7. The van der Waals surface area contributed by atoms with E-state index in [0.29, 0.717) is 35.0 Å². The minimum absolute atomic E-state index is 0.0176. The molecule has 4 aromatic carbocycles. The first-order valence-corrected chi connectivity index (χ1v) is 11.7. The molecule has 4 rings (SSSR count). The summed E-state index contributed by atoms with van der Waals surface area (Å²) in [5, 5.41) is 14.9. The first kappa shape index (κ1) is 25.9. The lowest BCUT2D eigenvalue weighted by Gasteiger charge is -2.12. The number of nitrogens with zero attached hydrogens (tertiary/aromatic N) is 2. The summed E-state index contributed by atoms with van der Waals surface area (Å²) in [6.07, 6.45) is 1.48. The molecule has 192 valence electrons. The van der Waals surface area contributed by atoms with E-state index in [4.69, 9.17) is 14.2 Å². The molecule has 38 heavy (non-hydrogen) atoms. The monoisotopic (exact) mass is 511 g/mol. The summed E-state index contributed by atoms with van der Waals surface area (Å²) >= 11 is 0. The van der Waals surface area contributed by atoms with Crippen LogP contribution in [0.15, 0.2) is 102 Å². The van der Waals surface area contributed by atoms with Gasteiger partial charge in [-0.15, -0.1) is 0 Å². The lowest BCUT2D eigenvalue weighted by molar-refractivity contribution is -0.384. The molecule has 0 radical (unpaired) electrons. The predicted octanol–water partition coefficient (Wildman–Crippen LogP) is 5.53. The van der Waals surface area contributed by atoms with Crippen LogP contribution < -0.4 is 19.6 Å². The second-order valence-corrected chi connectivity index (χ2v) is 8.09. The number of non-ortho nitro benzene ring substituents is 1. The van der Waals surface area contributed by atoms with Gasteiger partial charge in [0.2, 0.25) is 0 Å². The Labute approximate surface area is 219 Å². The van der Waals surface area contributed by atoms with Crippen molar-refractivity contribution >= 4 is 17.8 Å². The number of rotatable bonds is 11. The van der Waals surface area contributed by atoms with Gasteiger partial charge in [0.1, 0.15) is 19.0 Å². The highest BCUT2D eigenvalue weighted by molar-refractivity contribution is 5.95. The van der Waals surface area contributed by atoms with Crippen molar-refractivity contribution in [2.45, 2.75) is 13.2 Å². The van der Waals surface area contributed by atoms with Gasteiger partial charge in [-0.1, -0.05) is 42.5 Å². The molecule has 0 aliphatic carbocycles. The van der Waals surface area contributed by atoms with E-state index in [1.165, 1.54) is 25.5 Å². The quantitative estimate of drug-likeness (QED) is 0.161. The second-order valence-electron chi connectivity index (χ2n) is 8.09. The number of nitro groups is 1. The van der Waals surface area contributed by atoms with Crippen LogP contribution in [-0.2, 0) is 13.2 Å². The summed E-state index contributed by atoms with van der Waals surface area (Å²) in [5.74, 6) is 1.09. The molecule has 0 bridgehead atoms. The fourth-order valence-corrected chi connectivity index (χ4v) is 3.48. The van der Waals surface area contributed by atoms with Crippen LogP contribution in [-0.4, -0.2) is 24.2 Å². The number of ether oxygens (including phenoxy) is 3. The summed E-state index contributed by atoms with van der Waals surface area (Å²) in [7, 11) is 1.51. The van der Waals surface area contributed by atoms with Crippen molar-refractivity contribution in [1.82, 2.24) is 5.43 Å². The number of para-hydroxylation sites is 1. The van der Waals surface area contributed by atoms with E-state index in [1.807, 2.05) is 42.5 Å². The molecular weight excluding hydrogens is 486 g/mol. The average molecular weight is 512 g/mol. The molecule has 9 nitrogen and oxygen atoms in total. The molecule has 0 aromatic heterocycles. The fourth-order valence-electron chi connectivity index (χ4n) is 3.48. The molecule has 0 heterocycles. The Balaban J connectivity index is 1.36. The number of methoxy groups -OCH3 is 1. The summed E-state index contributed by atoms with van der Waals surface area (Å²) < 4.78 is 17.1. The molecular formula is C29H25N3O6. The molecule has 0 spiro atoms. The van der Waals surface area contributed by atoms with Crippen LogP contribution in [0, 0.1) is 10.1 Å². The van der Waals surface area contributed by atoms with Crippen molar-refractivity contribution in [2.75, 3.05) is 7.11 Å². The van der Waals surface area contributed by atoms with Crippen LogP contribution in [0.25, 0.3) is 0 Å². The summed E-state index contributed by atoms with van der Waals surface area (Å²) in [5.41, 5.74) is 5.33. The standard InChI is InChI=1S/C29H25N3O6/c1-36-28-17-23(13-16-27(28)38-19-21-7-3-2-4-8-21)29(33)31-30-18-24-9-5-6-10-26(24)37-20-22-11-14-25(15-12-22)32(34)35/h2-18H,19-20H2,1H3,(H,31,33)/b30-18+. The Morgan fingerprint density at radius 3 is 2.21 bits per heavy atom. The van der Waals surface area contributed by atoms with Crippen LogP contribution in [0.5, 0.6) is 17.2 Å². The maximum atomic E-state index is 12.7. The number of carbonyl (C=O) groups is 1. The van der Waals surface area contributed by atoms with Gasteiger partial charge in [0.15, 0.2) is 11.5 Å². The van der Waals surface area contributed by atoms with Gasteiger partial charge in [-0.05, 0) is 53.6 Å². The van der Waals surface area contributed by atoms with Gasteiger partial charge in [0.05, 0.1) is 18.2 Å². The number of hydrazone groups is 1. The lowest BCUT2D eigenvalue weighted by Crippen LogP contribution is -2.17. The Morgan fingerprint density at radius 1 is 0.842 bits per heavy atom. The van der Waals surface area contributed by atoms with Crippen LogP contribution in [0.1, 0.15) is 27.0 Å². The molecule has 0 aliphatic heterocycles. The number of nitrogens with one attached hydrogen (secondary N) is 1. The number of hydrogen-bond donors (Lipinski definition) is 1. The van der Waals surface area contributed by atoms with E-state index >= 15 is 0 Å². The first-order valence-electron chi connectivity index (χ1n) is 11.7. The van der Waals surface area contributed by atoms with E-state index in [2.05, 4.69) is 10.5 Å². The Kier molecular flexibility index (Phi) is 8.64. The number of nitro benzene ring substituents is 1. The van der Waals surface area contributed by atoms with E-state index < -0.39 is 10.8 Å². The van der Waals surface area contributed by atoms with E-state index in [9.17, 15) is 14.9 Å². The van der Waals surface area contributed by atoms with Gasteiger partial charge in [-0.3, -0.25) is 14.9 Å². The Hall–Kier alpha value is -5.18. The van der Waals surface area contributed by atoms with Crippen molar-refractivity contribution in [3.63, 3.8) is 0 Å². The minimum atomic E-state index is -0.449. The molecule has 0 saturated carbocycles. The number of benzene rings is 4. The summed E-state index contributed by atoms with van der Waals surface area (Å²) in [6, 6.07) is 28.0. The molecule has 0 saturated heterocycles. The zero-order valence-corrected chi connectivity index (χ0v) is 20.6. The van der Waals surface area contributed by atoms with Crippen molar-refractivity contribution in [3.8, 4) is 17.2 Å². The fraction of sp³-hybridized carbons (Fsp3) is 0.103. The Morgan fingerprint density at radius 2 is 1.50 bits per heavy atom. The van der Waals surface area contributed by atoms with Crippen LogP contribution in [0.2, 0.25) is 0 Å². The maximum absolute atomic E-state index is 12.7. The highest BCUT2D eigenvalue weighted by Gasteiger charge is 2.11. The maximum Gasteiger partial charge on any atom is 0.271 e. The highest BCUT2D eigenvalue weighted by atomic mass is 16.6. The number of amides is 1. The van der Waals surface area contributed by atoms with Crippen molar-refractivity contribution in [1.29, 1.82) is 0 Å². The number of hydrogen-bond acceptors (Lipinski definition) is 7. The third-order valence-electron chi connectivity index (χ3n) is 5.49. The van der Waals surface area contributed by atoms with Gasteiger partial charge < -0.3 is 14.2 Å². The topological polar surface area (TPSA) is 112 Å². The first-order chi connectivity index (χ1) is 18.5. The SMILES string of the molecule is COc1cc(C(=O)N/N=C/c2ccccc2OCc2ccc([N+](=O)[O-])cc2)ccc1OCc1ccccc1. The zero-order chi connectivity index (χ0) is 26.7. The van der Waals surface area contributed by atoms with Crippen molar-refractivity contribution in [2.24, 2.45) is 5.10 Å². The van der Waals surface area contributed by atoms with Crippen LogP contribution in [0.3, 0.4) is 0 Å². The van der Waals surface area contributed by atoms with Gasteiger partial charge >= 0.3 is 0 Å². The molecule has 1 N–H and O–H groups in total. The molecule has 1 amide bonds. The van der Waals surface area contributed by atoms with E-state index in [0.717, 1.165) is 11.1 Å². The van der Waals surface area contributed by atoms with Gasteiger partial charge in [-0.25, -0.2) is 5.43 Å². The highest BCUT2D eigenvalue weighted by Crippen LogP contribution is 2.29. The molecule has 0 fully saturated rings. The van der Waals surface area contributed by atoms with Crippen molar-refractivity contribution in [3.05, 3.63) is 129 Å². The van der Waals surface area contributed by atoms with E-state index in [1.54, 1.807) is 42.5 Å². The van der Waals surface area contributed by atoms with Gasteiger partial charge in [0, 0.05) is 23.3 Å². The third kappa shape index (κ3) is 6.94. The van der Waals surface area contributed by atoms with Crippen molar-refractivity contribution < 1.29 is 23.9 Å². The van der Waals surface area contributed by atoms with Crippen LogP contribution >= 0.6 is 0 Å². The molecule has 4 aromatic rings. The smallest absolute Gasteiger partial charge is 0.271 e. The predicted molar refractivity (Wildman–Crippen MR) is 143 cm³/mol. The average Bonchev–Trinajstić information content (AvgIpc) is 2.96. The zero-order valence-electron chi connectivity index (χ0n) is 20.6. The lowest BCUT2D eigenvalue weighted by atomic mass is 10.2. The van der Waals surface area contributed by atoms with Crippen LogP contribution in [0.4, 0.5) is 5.69 Å². The summed E-state index contributed by atoms with van der Waals surface area (Å²) in [4.78, 5) is 23.0. The number of carbonyl (C=O) groups excluding carboxylic acids is 1. The largest absolute Gasteiger partial charge is 0.493 e.